The van der Waals surface area contributed by atoms with Crippen LogP contribution >= 0.6 is 0 Å². The van der Waals surface area contributed by atoms with Gasteiger partial charge in [-0.1, -0.05) is 0 Å². The highest BCUT2D eigenvalue weighted by atomic mass is 16.7. The lowest BCUT2D eigenvalue weighted by atomic mass is 10.4. The summed E-state index contributed by atoms with van der Waals surface area (Å²) in [6.45, 7) is 2.24. The molecule has 0 saturated carbocycles. The van der Waals surface area contributed by atoms with Gasteiger partial charge in [-0.25, -0.2) is 9.97 Å². The quantitative estimate of drug-likeness (QED) is 0.729. The second kappa shape index (κ2) is 5.04. The maximum atomic E-state index is 5.35. The zero-order chi connectivity index (χ0) is 10.5. The minimum atomic E-state index is -0.0591. The number of anilines is 1. The van der Waals surface area contributed by atoms with E-state index in [2.05, 4.69) is 9.97 Å². The maximum Gasteiger partial charge on any atom is 0.224 e. The van der Waals surface area contributed by atoms with Gasteiger partial charge in [-0.15, -0.1) is 0 Å². The minimum absolute atomic E-state index is 0.0591. The third-order valence-corrected chi connectivity index (χ3v) is 2.28. The van der Waals surface area contributed by atoms with Crippen LogP contribution in [0, 0.1) is 0 Å². The van der Waals surface area contributed by atoms with Gasteiger partial charge < -0.3 is 14.4 Å². The molecule has 15 heavy (non-hydrogen) atoms. The molecule has 82 valence electrons. The third-order valence-electron chi connectivity index (χ3n) is 2.28. The Kier molecular flexibility index (Phi) is 3.47. The van der Waals surface area contributed by atoms with Crippen LogP contribution in [0.3, 0.4) is 0 Å². The van der Waals surface area contributed by atoms with Gasteiger partial charge in [0.2, 0.25) is 5.95 Å². The van der Waals surface area contributed by atoms with E-state index in [0.717, 1.165) is 18.9 Å². The van der Waals surface area contributed by atoms with Gasteiger partial charge in [-0.05, 0) is 6.07 Å². The molecule has 0 aliphatic carbocycles. The highest BCUT2D eigenvalue weighted by Crippen LogP contribution is 2.10. The van der Waals surface area contributed by atoms with E-state index in [9.17, 15) is 0 Å². The molecule has 0 spiro atoms. The summed E-state index contributed by atoms with van der Waals surface area (Å²) >= 11 is 0. The summed E-state index contributed by atoms with van der Waals surface area (Å²) in [5, 5.41) is 0. The molecule has 0 bridgehead atoms. The van der Waals surface area contributed by atoms with Crippen molar-refractivity contribution in [2.24, 2.45) is 0 Å². The van der Waals surface area contributed by atoms with Crippen LogP contribution in [0.5, 0.6) is 0 Å². The Bertz CT molecular complexity index is 288. The average molecular weight is 209 g/mol. The number of nitrogens with zero attached hydrogens (tertiary/aromatic N) is 3. The standard InChI is InChI=1S/C10H15N3O2/c1-13(10-11-4-2-5-12-10)6-3-9-14-7-8-15-9/h2,4-5,9H,3,6-8H2,1H3. The van der Waals surface area contributed by atoms with Gasteiger partial charge in [0.05, 0.1) is 13.2 Å². The Morgan fingerprint density at radius 3 is 2.67 bits per heavy atom. The highest BCUT2D eigenvalue weighted by Gasteiger charge is 2.16. The van der Waals surface area contributed by atoms with Crippen molar-refractivity contribution in [1.82, 2.24) is 9.97 Å². The van der Waals surface area contributed by atoms with Crippen LogP contribution in [0.15, 0.2) is 18.5 Å². The van der Waals surface area contributed by atoms with Gasteiger partial charge in [0.15, 0.2) is 6.29 Å². The Morgan fingerprint density at radius 2 is 2.00 bits per heavy atom. The molecular formula is C10H15N3O2. The number of rotatable bonds is 4. The molecule has 0 radical (unpaired) electrons. The number of hydrogen-bond acceptors (Lipinski definition) is 5. The van der Waals surface area contributed by atoms with Crippen LogP contribution in [-0.2, 0) is 9.47 Å². The van der Waals surface area contributed by atoms with Gasteiger partial charge >= 0.3 is 0 Å². The van der Waals surface area contributed by atoms with Crippen molar-refractivity contribution >= 4 is 5.95 Å². The topological polar surface area (TPSA) is 47.5 Å². The molecule has 5 nitrogen and oxygen atoms in total. The van der Waals surface area contributed by atoms with Gasteiger partial charge in [0.25, 0.3) is 0 Å². The number of aromatic nitrogens is 2. The Hall–Kier alpha value is -1.20. The monoisotopic (exact) mass is 209 g/mol. The zero-order valence-corrected chi connectivity index (χ0v) is 8.80. The molecule has 0 unspecified atom stereocenters. The first kappa shape index (κ1) is 10.3. The lowest BCUT2D eigenvalue weighted by Crippen LogP contribution is -2.24. The van der Waals surface area contributed by atoms with Gasteiger partial charge in [0.1, 0.15) is 0 Å². The molecule has 0 aromatic carbocycles. The van der Waals surface area contributed by atoms with Crippen LogP contribution in [0.2, 0.25) is 0 Å². The van der Waals surface area contributed by atoms with E-state index >= 15 is 0 Å². The zero-order valence-electron chi connectivity index (χ0n) is 8.80. The van der Waals surface area contributed by atoms with Crippen LogP contribution in [0.25, 0.3) is 0 Å². The average Bonchev–Trinajstić information content (AvgIpc) is 2.80. The molecule has 5 heteroatoms. The van der Waals surface area contributed by atoms with Crippen LogP contribution in [0.1, 0.15) is 6.42 Å². The first-order valence-electron chi connectivity index (χ1n) is 5.07. The van der Waals surface area contributed by atoms with Crippen molar-refractivity contribution in [3.8, 4) is 0 Å². The molecule has 1 fully saturated rings. The molecule has 0 atom stereocenters. The Balaban J connectivity index is 1.79. The lowest BCUT2D eigenvalue weighted by Gasteiger charge is -2.18. The van der Waals surface area contributed by atoms with Crippen molar-refractivity contribution < 1.29 is 9.47 Å². The molecular weight excluding hydrogens is 194 g/mol. The molecule has 1 aromatic rings. The molecule has 0 N–H and O–H groups in total. The van der Waals surface area contributed by atoms with Crippen LogP contribution < -0.4 is 4.90 Å². The van der Waals surface area contributed by atoms with Gasteiger partial charge in [0, 0.05) is 32.4 Å². The van der Waals surface area contributed by atoms with E-state index in [0.29, 0.717) is 13.2 Å². The molecule has 1 aromatic heterocycles. The van der Waals surface area contributed by atoms with Gasteiger partial charge in [-0.2, -0.15) is 0 Å². The summed E-state index contributed by atoms with van der Waals surface area (Å²) in [6.07, 6.45) is 4.26. The minimum Gasteiger partial charge on any atom is -0.350 e. The number of ether oxygens (including phenoxy) is 2. The Morgan fingerprint density at radius 1 is 1.33 bits per heavy atom. The lowest BCUT2D eigenvalue weighted by molar-refractivity contribution is -0.0447. The molecule has 1 aliphatic rings. The van der Waals surface area contributed by atoms with E-state index in [1.54, 1.807) is 18.5 Å². The van der Waals surface area contributed by atoms with E-state index in [-0.39, 0.29) is 6.29 Å². The fourth-order valence-corrected chi connectivity index (χ4v) is 1.46. The summed E-state index contributed by atoms with van der Waals surface area (Å²) in [4.78, 5) is 10.3. The first-order valence-corrected chi connectivity index (χ1v) is 5.07. The third kappa shape index (κ3) is 2.87. The molecule has 1 saturated heterocycles. The first-order chi connectivity index (χ1) is 7.36. The summed E-state index contributed by atoms with van der Waals surface area (Å²) in [5.74, 6) is 0.732. The second-order valence-electron chi connectivity index (χ2n) is 3.43. The van der Waals surface area contributed by atoms with Crippen LogP contribution in [0.4, 0.5) is 5.95 Å². The van der Waals surface area contributed by atoms with Crippen molar-refractivity contribution in [2.75, 3.05) is 31.7 Å². The highest BCUT2D eigenvalue weighted by molar-refractivity contribution is 5.25. The van der Waals surface area contributed by atoms with Crippen molar-refractivity contribution in [3.63, 3.8) is 0 Å². The summed E-state index contributed by atoms with van der Waals surface area (Å²) in [5.41, 5.74) is 0. The summed E-state index contributed by atoms with van der Waals surface area (Å²) < 4.78 is 10.7. The SMILES string of the molecule is CN(CCC1OCCO1)c1ncccn1. The normalized spacial score (nSPS) is 16.9. The van der Waals surface area contributed by atoms with E-state index in [4.69, 9.17) is 9.47 Å². The Labute approximate surface area is 89.0 Å². The maximum absolute atomic E-state index is 5.35. The molecule has 0 amide bonds. The number of hydrogen-bond donors (Lipinski definition) is 0. The van der Waals surface area contributed by atoms with E-state index < -0.39 is 0 Å². The predicted octanol–water partition coefficient (Wildman–Crippen LogP) is 0.676. The van der Waals surface area contributed by atoms with E-state index in [1.807, 2.05) is 11.9 Å². The van der Waals surface area contributed by atoms with Gasteiger partial charge in [-0.3, -0.25) is 0 Å². The largest absolute Gasteiger partial charge is 0.350 e. The fraction of sp³-hybridized carbons (Fsp3) is 0.600. The molecule has 1 aliphatic heterocycles. The van der Waals surface area contributed by atoms with Crippen molar-refractivity contribution in [2.45, 2.75) is 12.7 Å². The van der Waals surface area contributed by atoms with Crippen molar-refractivity contribution in [1.29, 1.82) is 0 Å². The summed E-state index contributed by atoms with van der Waals surface area (Å²) in [7, 11) is 1.96. The molecule has 2 heterocycles. The smallest absolute Gasteiger partial charge is 0.224 e. The van der Waals surface area contributed by atoms with E-state index in [1.165, 1.54) is 0 Å². The summed E-state index contributed by atoms with van der Waals surface area (Å²) in [6, 6.07) is 1.81. The molecule has 2 rings (SSSR count). The predicted molar refractivity (Wildman–Crippen MR) is 55.6 cm³/mol. The van der Waals surface area contributed by atoms with Crippen molar-refractivity contribution in [3.05, 3.63) is 18.5 Å². The van der Waals surface area contributed by atoms with Crippen LogP contribution in [-0.4, -0.2) is 43.1 Å². The second-order valence-corrected chi connectivity index (χ2v) is 3.43. The fourth-order valence-electron chi connectivity index (χ4n) is 1.46.